The minimum Gasteiger partial charge on any atom is -0.358 e. The van der Waals surface area contributed by atoms with Crippen molar-refractivity contribution >= 4 is 22.7 Å². The van der Waals surface area contributed by atoms with Gasteiger partial charge in [0.2, 0.25) is 5.91 Å². The normalized spacial score (nSPS) is 10.5. The largest absolute Gasteiger partial charge is 0.358 e. The lowest BCUT2D eigenvalue weighted by molar-refractivity contribution is -0.121. The molecular weight excluding hydrogens is 256 g/mol. The molecule has 0 aliphatic rings. The van der Waals surface area contributed by atoms with Gasteiger partial charge in [-0.05, 0) is 18.6 Å². The van der Waals surface area contributed by atoms with E-state index in [1.54, 1.807) is 30.3 Å². The molecule has 0 bridgehead atoms. The van der Waals surface area contributed by atoms with Gasteiger partial charge in [0.15, 0.2) is 0 Å². The van der Waals surface area contributed by atoms with Crippen molar-refractivity contribution in [3.63, 3.8) is 0 Å². The number of nitrogens with zero attached hydrogens (tertiary/aromatic N) is 2. The Morgan fingerprint density at radius 1 is 1.40 bits per heavy atom. The number of H-pyrrole nitrogens is 1. The van der Waals surface area contributed by atoms with Crippen LogP contribution < -0.4 is 5.32 Å². The van der Waals surface area contributed by atoms with Crippen LogP contribution in [0.15, 0.2) is 24.4 Å². The van der Waals surface area contributed by atoms with Gasteiger partial charge in [0.25, 0.3) is 5.91 Å². The number of amides is 2. The van der Waals surface area contributed by atoms with Crippen LogP contribution in [-0.4, -0.2) is 47.0 Å². The van der Waals surface area contributed by atoms with Crippen LogP contribution in [0.2, 0.25) is 0 Å². The van der Waals surface area contributed by atoms with E-state index in [9.17, 15) is 9.59 Å². The third kappa shape index (κ3) is 2.96. The summed E-state index contributed by atoms with van der Waals surface area (Å²) in [6.07, 6.45) is 2.51. The summed E-state index contributed by atoms with van der Waals surface area (Å²) in [5.74, 6) is -0.318. The van der Waals surface area contributed by atoms with E-state index in [1.807, 2.05) is 13.0 Å². The lowest BCUT2D eigenvalue weighted by atomic mass is 10.1. The summed E-state index contributed by atoms with van der Waals surface area (Å²) < 4.78 is 0. The zero-order valence-electron chi connectivity index (χ0n) is 11.6. The second-order valence-electron chi connectivity index (χ2n) is 4.57. The molecule has 0 fully saturated rings. The molecule has 0 aliphatic carbocycles. The second-order valence-corrected chi connectivity index (χ2v) is 4.57. The molecule has 6 nitrogen and oxygen atoms in total. The van der Waals surface area contributed by atoms with Crippen molar-refractivity contribution < 1.29 is 9.59 Å². The minimum atomic E-state index is -0.172. The van der Waals surface area contributed by atoms with E-state index >= 15 is 0 Å². The quantitative estimate of drug-likeness (QED) is 0.859. The number of aromatic nitrogens is 2. The fourth-order valence-corrected chi connectivity index (χ4v) is 2.03. The molecule has 1 aromatic carbocycles. The Morgan fingerprint density at radius 2 is 2.20 bits per heavy atom. The minimum absolute atomic E-state index is 0.0736. The van der Waals surface area contributed by atoms with Crippen LogP contribution in [0.1, 0.15) is 23.7 Å². The summed E-state index contributed by atoms with van der Waals surface area (Å²) in [5.41, 5.74) is 1.37. The van der Waals surface area contributed by atoms with E-state index in [2.05, 4.69) is 15.5 Å². The Kier molecular flexibility index (Phi) is 4.34. The molecule has 2 rings (SSSR count). The van der Waals surface area contributed by atoms with Crippen LogP contribution in [0.4, 0.5) is 0 Å². The van der Waals surface area contributed by atoms with E-state index in [4.69, 9.17) is 0 Å². The maximum absolute atomic E-state index is 12.5. The molecule has 0 atom stereocenters. The van der Waals surface area contributed by atoms with Gasteiger partial charge in [0.05, 0.1) is 18.3 Å². The van der Waals surface area contributed by atoms with Gasteiger partial charge in [-0.25, -0.2) is 0 Å². The van der Waals surface area contributed by atoms with Gasteiger partial charge in [0, 0.05) is 24.5 Å². The average Bonchev–Trinajstić information content (AvgIpc) is 2.93. The predicted molar refractivity (Wildman–Crippen MR) is 76.4 cm³/mol. The van der Waals surface area contributed by atoms with E-state index in [1.165, 1.54) is 0 Å². The number of likely N-dealkylation sites (N-methyl/N-ethyl adjacent to an activating group) is 1. The van der Waals surface area contributed by atoms with Gasteiger partial charge in [-0.2, -0.15) is 5.10 Å². The number of nitrogens with one attached hydrogen (secondary N) is 2. The third-order valence-electron chi connectivity index (χ3n) is 3.08. The van der Waals surface area contributed by atoms with Gasteiger partial charge in [-0.3, -0.25) is 14.7 Å². The highest BCUT2D eigenvalue weighted by Crippen LogP contribution is 2.14. The molecule has 6 heteroatoms. The van der Waals surface area contributed by atoms with Crippen molar-refractivity contribution in [3.05, 3.63) is 30.0 Å². The number of benzene rings is 1. The monoisotopic (exact) mass is 274 g/mol. The Morgan fingerprint density at radius 3 is 2.90 bits per heavy atom. The number of fused-ring (bicyclic) bond motifs is 1. The van der Waals surface area contributed by atoms with Crippen LogP contribution in [0.3, 0.4) is 0 Å². The summed E-state index contributed by atoms with van der Waals surface area (Å²) in [6, 6.07) is 5.36. The lowest BCUT2D eigenvalue weighted by Gasteiger charge is -2.21. The number of aromatic amines is 1. The molecule has 0 spiro atoms. The molecule has 0 radical (unpaired) electrons. The molecule has 2 amide bonds. The SMILES string of the molecule is CCCN(CC(=O)NC)C(=O)c1ccc2cn[nH]c2c1. The summed E-state index contributed by atoms with van der Waals surface area (Å²) in [6.45, 7) is 2.60. The summed E-state index contributed by atoms with van der Waals surface area (Å²) in [7, 11) is 1.56. The maximum Gasteiger partial charge on any atom is 0.254 e. The van der Waals surface area contributed by atoms with Gasteiger partial charge in [-0.15, -0.1) is 0 Å². The van der Waals surface area contributed by atoms with E-state index in [0.29, 0.717) is 12.1 Å². The molecule has 20 heavy (non-hydrogen) atoms. The summed E-state index contributed by atoms with van der Waals surface area (Å²) in [5, 5.41) is 10.3. The standard InChI is InChI=1S/C14H18N4O2/c1-3-6-18(9-13(19)15-2)14(20)10-4-5-11-8-16-17-12(11)7-10/h4-5,7-8H,3,6,9H2,1-2H3,(H,15,19)(H,16,17). The smallest absolute Gasteiger partial charge is 0.254 e. The van der Waals surface area contributed by atoms with Crippen molar-refractivity contribution in [2.75, 3.05) is 20.1 Å². The van der Waals surface area contributed by atoms with Crippen molar-refractivity contribution in [1.82, 2.24) is 20.4 Å². The first-order chi connectivity index (χ1) is 9.65. The predicted octanol–water partition coefficient (Wildman–Crippen LogP) is 1.16. The van der Waals surface area contributed by atoms with Crippen molar-refractivity contribution in [3.8, 4) is 0 Å². The molecule has 1 heterocycles. The van der Waals surface area contributed by atoms with E-state index < -0.39 is 0 Å². The zero-order valence-corrected chi connectivity index (χ0v) is 11.6. The molecule has 0 saturated heterocycles. The van der Waals surface area contributed by atoms with E-state index in [-0.39, 0.29) is 18.4 Å². The highest BCUT2D eigenvalue weighted by molar-refractivity contribution is 5.99. The number of carbonyl (C=O) groups excluding carboxylic acids is 2. The zero-order chi connectivity index (χ0) is 14.5. The van der Waals surface area contributed by atoms with Crippen LogP contribution in [0, 0.1) is 0 Å². The number of hydrogen-bond donors (Lipinski definition) is 2. The first kappa shape index (κ1) is 14.0. The topological polar surface area (TPSA) is 78.1 Å². The molecule has 1 aromatic heterocycles. The number of carbonyl (C=O) groups is 2. The Labute approximate surface area is 117 Å². The maximum atomic E-state index is 12.5. The molecule has 106 valence electrons. The van der Waals surface area contributed by atoms with E-state index in [0.717, 1.165) is 17.3 Å². The van der Waals surface area contributed by atoms with Gasteiger partial charge in [0.1, 0.15) is 0 Å². The molecule has 2 aromatic rings. The Balaban J connectivity index is 2.23. The molecule has 2 N–H and O–H groups in total. The fraction of sp³-hybridized carbons (Fsp3) is 0.357. The first-order valence-electron chi connectivity index (χ1n) is 6.58. The Hall–Kier alpha value is -2.37. The molecular formula is C14H18N4O2. The first-order valence-corrected chi connectivity index (χ1v) is 6.58. The summed E-state index contributed by atoms with van der Waals surface area (Å²) in [4.78, 5) is 25.5. The second kappa shape index (κ2) is 6.18. The van der Waals surface area contributed by atoms with Crippen LogP contribution in [0.25, 0.3) is 10.9 Å². The lowest BCUT2D eigenvalue weighted by Crippen LogP contribution is -2.40. The van der Waals surface area contributed by atoms with Crippen LogP contribution in [-0.2, 0) is 4.79 Å². The number of rotatable bonds is 5. The average molecular weight is 274 g/mol. The van der Waals surface area contributed by atoms with Gasteiger partial charge in [-0.1, -0.05) is 13.0 Å². The van der Waals surface area contributed by atoms with Crippen molar-refractivity contribution in [1.29, 1.82) is 0 Å². The van der Waals surface area contributed by atoms with Crippen LogP contribution in [0.5, 0.6) is 0 Å². The van der Waals surface area contributed by atoms with Crippen molar-refractivity contribution in [2.45, 2.75) is 13.3 Å². The summed E-state index contributed by atoms with van der Waals surface area (Å²) >= 11 is 0. The van der Waals surface area contributed by atoms with Gasteiger partial charge >= 0.3 is 0 Å². The third-order valence-corrected chi connectivity index (χ3v) is 3.08. The highest BCUT2D eigenvalue weighted by Gasteiger charge is 2.18. The molecule has 0 aliphatic heterocycles. The van der Waals surface area contributed by atoms with Crippen molar-refractivity contribution in [2.24, 2.45) is 0 Å². The Bertz CT molecular complexity index is 620. The molecule has 0 unspecified atom stereocenters. The fourth-order valence-electron chi connectivity index (χ4n) is 2.03. The number of hydrogen-bond acceptors (Lipinski definition) is 3. The van der Waals surface area contributed by atoms with Gasteiger partial charge < -0.3 is 10.2 Å². The molecule has 0 saturated carbocycles. The highest BCUT2D eigenvalue weighted by atomic mass is 16.2. The van der Waals surface area contributed by atoms with Crippen LogP contribution >= 0.6 is 0 Å².